The third-order valence-corrected chi connectivity index (χ3v) is 4.33. The predicted octanol–water partition coefficient (Wildman–Crippen LogP) is 1.92. The maximum atomic E-state index is 6.03. The van der Waals surface area contributed by atoms with E-state index in [4.69, 9.17) is 10.7 Å². The lowest BCUT2D eigenvalue weighted by Gasteiger charge is -2.31. The summed E-state index contributed by atoms with van der Waals surface area (Å²) in [5, 5.41) is 0. The van der Waals surface area contributed by atoms with E-state index in [0.29, 0.717) is 11.5 Å². The number of hydrogen-bond donors (Lipinski definition) is 1. The molecule has 1 saturated heterocycles. The third kappa shape index (κ3) is 3.46. The Morgan fingerprint density at radius 2 is 1.80 bits per heavy atom. The fraction of sp³-hybridized carbons (Fsp3) is 0.278. The Bertz CT molecular complexity index is 773. The normalized spacial score (nSPS) is 15.3. The highest BCUT2D eigenvalue weighted by molar-refractivity contribution is 5.66. The molecule has 0 radical (unpaired) electrons. The molecule has 0 aliphatic carbocycles. The summed E-state index contributed by atoms with van der Waals surface area (Å²) < 4.78 is 0. The molecule has 0 unspecified atom stereocenters. The first kappa shape index (κ1) is 15.6. The standard InChI is InChI=1S/C18H19N7/c19-14-3-8-25(9-4-14)17-10-15(13-2-1-5-20-11-13)23-18(24-17)16-12-21-6-7-22-16/h1-2,5-7,10-12,14H,3-4,8-9,19H2. The zero-order chi connectivity index (χ0) is 17.1. The van der Waals surface area contributed by atoms with E-state index in [9.17, 15) is 0 Å². The van der Waals surface area contributed by atoms with E-state index in [1.54, 1.807) is 31.0 Å². The number of nitrogens with two attached hydrogens (primary N) is 1. The van der Waals surface area contributed by atoms with Crippen molar-refractivity contribution < 1.29 is 0 Å². The van der Waals surface area contributed by atoms with Gasteiger partial charge in [-0.15, -0.1) is 0 Å². The van der Waals surface area contributed by atoms with E-state index in [1.165, 1.54) is 0 Å². The molecule has 7 heteroatoms. The Morgan fingerprint density at radius 1 is 0.960 bits per heavy atom. The van der Waals surface area contributed by atoms with Gasteiger partial charge in [-0.1, -0.05) is 0 Å². The zero-order valence-electron chi connectivity index (χ0n) is 13.8. The van der Waals surface area contributed by atoms with Crippen LogP contribution in [0.1, 0.15) is 12.8 Å². The molecule has 4 rings (SSSR count). The molecule has 4 heterocycles. The van der Waals surface area contributed by atoms with Gasteiger partial charge in [-0.05, 0) is 25.0 Å². The van der Waals surface area contributed by atoms with Crippen molar-refractivity contribution >= 4 is 5.82 Å². The molecule has 2 N–H and O–H groups in total. The van der Waals surface area contributed by atoms with Crippen LogP contribution in [0.4, 0.5) is 5.82 Å². The van der Waals surface area contributed by atoms with Gasteiger partial charge in [-0.2, -0.15) is 0 Å². The lowest BCUT2D eigenvalue weighted by atomic mass is 10.1. The van der Waals surface area contributed by atoms with Crippen LogP contribution in [0, 0.1) is 0 Å². The summed E-state index contributed by atoms with van der Waals surface area (Å²) in [6.45, 7) is 1.79. The van der Waals surface area contributed by atoms with Crippen molar-refractivity contribution in [3.8, 4) is 22.8 Å². The van der Waals surface area contributed by atoms with Crippen molar-refractivity contribution in [2.24, 2.45) is 5.73 Å². The third-order valence-electron chi connectivity index (χ3n) is 4.33. The second-order valence-electron chi connectivity index (χ2n) is 6.09. The number of rotatable bonds is 3. The van der Waals surface area contributed by atoms with Crippen LogP contribution in [0.3, 0.4) is 0 Å². The average molecular weight is 333 g/mol. The molecule has 0 saturated carbocycles. The monoisotopic (exact) mass is 333 g/mol. The van der Waals surface area contributed by atoms with E-state index in [-0.39, 0.29) is 6.04 Å². The topological polar surface area (TPSA) is 93.7 Å². The van der Waals surface area contributed by atoms with E-state index in [2.05, 4.69) is 24.8 Å². The molecule has 3 aromatic heterocycles. The van der Waals surface area contributed by atoms with Gasteiger partial charge in [0.2, 0.25) is 0 Å². The maximum absolute atomic E-state index is 6.03. The molecular weight excluding hydrogens is 314 g/mol. The molecule has 0 spiro atoms. The number of hydrogen-bond acceptors (Lipinski definition) is 7. The van der Waals surface area contributed by atoms with Gasteiger partial charge in [-0.3, -0.25) is 9.97 Å². The lowest BCUT2D eigenvalue weighted by molar-refractivity contribution is 0.498. The highest BCUT2D eigenvalue weighted by atomic mass is 15.2. The molecule has 126 valence electrons. The average Bonchev–Trinajstić information content (AvgIpc) is 2.69. The minimum atomic E-state index is 0.273. The number of nitrogens with zero attached hydrogens (tertiary/aromatic N) is 6. The summed E-state index contributed by atoms with van der Waals surface area (Å²) in [6.07, 6.45) is 10.5. The van der Waals surface area contributed by atoms with Crippen LogP contribution in [-0.4, -0.2) is 44.1 Å². The van der Waals surface area contributed by atoms with E-state index in [1.807, 2.05) is 18.2 Å². The molecule has 1 aliphatic heterocycles. The van der Waals surface area contributed by atoms with Crippen molar-refractivity contribution in [2.45, 2.75) is 18.9 Å². The van der Waals surface area contributed by atoms with Gasteiger partial charge in [0.05, 0.1) is 11.9 Å². The Labute approximate surface area is 146 Å². The summed E-state index contributed by atoms with van der Waals surface area (Å²) in [4.78, 5) is 24.3. The van der Waals surface area contributed by atoms with Crippen LogP contribution in [0.25, 0.3) is 22.8 Å². The van der Waals surface area contributed by atoms with Crippen LogP contribution < -0.4 is 10.6 Å². The smallest absolute Gasteiger partial charge is 0.182 e. The minimum absolute atomic E-state index is 0.273. The van der Waals surface area contributed by atoms with E-state index >= 15 is 0 Å². The van der Waals surface area contributed by atoms with Gasteiger partial charge in [-0.25, -0.2) is 15.0 Å². The van der Waals surface area contributed by atoms with Crippen molar-refractivity contribution in [3.63, 3.8) is 0 Å². The lowest BCUT2D eigenvalue weighted by Crippen LogP contribution is -2.40. The van der Waals surface area contributed by atoms with E-state index in [0.717, 1.165) is 43.0 Å². The summed E-state index contributed by atoms with van der Waals surface area (Å²) in [5.41, 5.74) is 8.46. The summed E-state index contributed by atoms with van der Waals surface area (Å²) in [6, 6.07) is 6.17. The van der Waals surface area contributed by atoms with E-state index < -0.39 is 0 Å². The van der Waals surface area contributed by atoms with Crippen LogP contribution in [-0.2, 0) is 0 Å². The summed E-state index contributed by atoms with van der Waals surface area (Å²) >= 11 is 0. The largest absolute Gasteiger partial charge is 0.356 e. The van der Waals surface area contributed by atoms with Crippen LogP contribution in [0.5, 0.6) is 0 Å². The number of piperidine rings is 1. The zero-order valence-corrected chi connectivity index (χ0v) is 13.8. The number of aromatic nitrogens is 5. The first-order chi connectivity index (χ1) is 12.3. The highest BCUT2D eigenvalue weighted by Crippen LogP contribution is 2.26. The van der Waals surface area contributed by atoms with Crippen molar-refractivity contribution in [3.05, 3.63) is 49.2 Å². The van der Waals surface area contributed by atoms with Crippen molar-refractivity contribution in [1.29, 1.82) is 0 Å². The maximum Gasteiger partial charge on any atom is 0.182 e. The second-order valence-corrected chi connectivity index (χ2v) is 6.09. The Balaban J connectivity index is 1.78. The molecule has 7 nitrogen and oxygen atoms in total. The Kier molecular flexibility index (Phi) is 4.30. The first-order valence-corrected chi connectivity index (χ1v) is 8.36. The van der Waals surface area contributed by atoms with Crippen LogP contribution >= 0.6 is 0 Å². The molecule has 0 amide bonds. The van der Waals surface area contributed by atoms with Gasteiger partial charge in [0.15, 0.2) is 5.82 Å². The molecule has 0 aromatic carbocycles. The van der Waals surface area contributed by atoms with Gasteiger partial charge >= 0.3 is 0 Å². The second kappa shape index (κ2) is 6.90. The quantitative estimate of drug-likeness (QED) is 0.782. The minimum Gasteiger partial charge on any atom is -0.356 e. The van der Waals surface area contributed by atoms with Gasteiger partial charge in [0.1, 0.15) is 11.5 Å². The fourth-order valence-corrected chi connectivity index (χ4v) is 2.92. The highest BCUT2D eigenvalue weighted by Gasteiger charge is 2.19. The van der Waals surface area contributed by atoms with Gasteiger partial charge in [0, 0.05) is 55.5 Å². The molecule has 1 aliphatic rings. The molecule has 1 fully saturated rings. The number of anilines is 1. The SMILES string of the molecule is NC1CCN(c2cc(-c3cccnc3)nc(-c3cnccn3)n2)CC1. The first-order valence-electron chi connectivity index (χ1n) is 8.36. The molecule has 0 atom stereocenters. The fourth-order valence-electron chi connectivity index (χ4n) is 2.92. The molecule has 3 aromatic rings. The Morgan fingerprint density at radius 3 is 2.52 bits per heavy atom. The van der Waals surface area contributed by atoms with Crippen molar-refractivity contribution in [1.82, 2.24) is 24.9 Å². The van der Waals surface area contributed by atoms with Crippen LogP contribution in [0.2, 0.25) is 0 Å². The molecule has 25 heavy (non-hydrogen) atoms. The molecule has 0 bridgehead atoms. The predicted molar refractivity (Wildman–Crippen MR) is 95.7 cm³/mol. The van der Waals surface area contributed by atoms with Crippen molar-refractivity contribution in [2.75, 3.05) is 18.0 Å². The summed E-state index contributed by atoms with van der Waals surface area (Å²) in [5.74, 6) is 1.46. The Hall–Kier alpha value is -2.93. The van der Waals surface area contributed by atoms with Gasteiger partial charge < -0.3 is 10.6 Å². The molecular formula is C18H19N7. The number of pyridine rings is 1. The summed E-state index contributed by atoms with van der Waals surface area (Å²) in [7, 11) is 0. The van der Waals surface area contributed by atoms with Crippen LogP contribution in [0.15, 0.2) is 49.2 Å². The van der Waals surface area contributed by atoms with Gasteiger partial charge in [0.25, 0.3) is 0 Å².